The minimum atomic E-state index is -4.76. The first-order valence-corrected chi connectivity index (χ1v) is 13.5. The maximum Gasteiger partial charge on any atom is 0.416 e. The Balaban J connectivity index is 0.00000147. The van der Waals surface area contributed by atoms with E-state index in [1.807, 2.05) is 18.2 Å². The number of nitrogens with zero attached hydrogens (tertiary/aromatic N) is 3. The van der Waals surface area contributed by atoms with Crippen LogP contribution in [0.25, 0.3) is 0 Å². The van der Waals surface area contributed by atoms with Crippen LogP contribution in [-0.2, 0) is 15.8 Å². The molecule has 2 fully saturated rings. The molecule has 1 atom stereocenters. The largest absolute Gasteiger partial charge is 0.416 e. The van der Waals surface area contributed by atoms with Crippen molar-refractivity contribution >= 4 is 23.8 Å². The number of likely N-dealkylation sites (tertiary alicyclic amines) is 1. The van der Waals surface area contributed by atoms with E-state index >= 15 is 0 Å². The predicted octanol–water partition coefficient (Wildman–Crippen LogP) is 5.04. The van der Waals surface area contributed by atoms with Crippen LogP contribution >= 0.6 is 0 Å². The van der Waals surface area contributed by atoms with Gasteiger partial charge >= 0.3 is 12.2 Å². The smallest absolute Gasteiger partial charge is 0.343 e. The number of alkyl halides is 3. The van der Waals surface area contributed by atoms with Crippen molar-refractivity contribution in [3.63, 3.8) is 0 Å². The average molecular weight is 579 g/mol. The van der Waals surface area contributed by atoms with E-state index in [1.54, 1.807) is 12.2 Å². The van der Waals surface area contributed by atoms with Crippen molar-refractivity contribution in [1.82, 2.24) is 20.0 Å². The van der Waals surface area contributed by atoms with Crippen molar-refractivity contribution in [3.05, 3.63) is 71.2 Å². The van der Waals surface area contributed by atoms with Crippen molar-refractivity contribution in [2.24, 2.45) is 0 Å². The molecule has 222 valence electrons. The van der Waals surface area contributed by atoms with E-state index in [2.05, 4.69) is 19.2 Å². The fourth-order valence-electron chi connectivity index (χ4n) is 4.96. The molecule has 5 amide bonds. The van der Waals surface area contributed by atoms with Gasteiger partial charge < -0.3 is 10.2 Å². The first kappa shape index (κ1) is 31.6. The van der Waals surface area contributed by atoms with Gasteiger partial charge in [-0.3, -0.25) is 24.2 Å². The Labute approximate surface area is 236 Å². The second-order valence-corrected chi connectivity index (χ2v) is 9.98. The van der Waals surface area contributed by atoms with Gasteiger partial charge in [0.1, 0.15) is 11.4 Å². The summed E-state index contributed by atoms with van der Waals surface area (Å²) in [5.41, 5.74) is -2.60. The summed E-state index contributed by atoms with van der Waals surface area (Å²) in [6.45, 7) is 4.02. The summed E-state index contributed by atoms with van der Waals surface area (Å²) in [6, 6.07) is 1.01. The highest BCUT2D eigenvalue weighted by Crippen LogP contribution is 2.40. The summed E-state index contributed by atoms with van der Waals surface area (Å²) in [5.74, 6) is -3.21. The van der Waals surface area contributed by atoms with Crippen LogP contribution < -0.4 is 5.32 Å². The lowest BCUT2D eigenvalue weighted by Gasteiger charge is -2.35. The Morgan fingerprint density at radius 2 is 1.78 bits per heavy atom. The van der Waals surface area contributed by atoms with E-state index < -0.39 is 53.0 Å². The molecule has 0 saturated carbocycles. The number of carbonyl (C=O) groups excluding carboxylic acids is 4. The molecule has 3 aliphatic rings. The molecule has 2 aliphatic heterocycles. The maximum absolute atomic E-state index is 14.0. The average Bonchev–Trinajstić information content (AvgIpc) is 3.24. The molecule has 0 bridgehead atoms. The van der Waals surface area contributed by atoms with E-state index in [-0.39, 0.29) is 25.4 Å². The maximum atomic E-state index is 14.0. The molecule has 1 spiro atoms. The molecule has 1 N–H and O–H groups in total. The molecule has 2 saturated heterocycles. The lowest BCUT2D eigenvalue weighted by molar-refractivity contribution is -0.137. The molecule has 2 heterocycles. The Kier molecular flexibility index (Phi) is 10.1. The molecule has 1 unspecified atom stereocenters. The second kappa shape index (κ2) is 13.1. The number of benzene rings is 1. The van der Waals surface area contributed by atoms with Crippen LogP contribution in [0, 0.1) is 5.82 Å². The van der Waals surface area contributed by atoms with Crippen molar-refractivity contribution in [3.8, 4) is 0 Å². The number of imide groups is 1. The van der Waals surface area contributed by atoms with Gasteiger partial charge in [0.25, 0.3) is 11.8 Å². The molecule has 1 aromatic rings. The molecule has 1 aromatic carbocycles. The second-order valence-electron chi connectivity index (χ2n) is 9.98. The van der Waals surface area contributed by atoms with Crippen LogP contribution in [0.4, 0.5) is 22.4 Å². The highest BCUT2D eigenvalue weighted by molar-refractivity contribution is 6.08. The van der Waals surface area contributed by atoms with E-state index in [0.717, 1.165) is 4.90 Å². The molecule has 4 rings (SSSR count). The van der Waals surface area contributed by atoms with Gasteiger partial charge in [0, 0.05) is 25.8 Å². The number of amides is 5. The van der Waals surface area contributed by atoms with Gasteiger partial charge in [0.15, 0.2) is 0 Å². The predicted molar refractivity (Wildman–Crippen MR) is 144 cm³/mol. The number of nitrogens with one attached hydrogen (secondary N) is 1. The van der Waals surface area contributed by atoms with Crippen LogP contribution in [0.15, 0.2) is 54.3 Å². The number of carbonyl (C=O) groups is 4. The highest BCUT2D eigenvalue weighted by Gasteiger charge is 2.57. The summed E-state index contributed by atoms with van der Waals surface area (Å²) in [7, 11) is 1.42. The molecular formula is C29H34F4N4O4. The Bertz CT molecular complexity index is 1270. The van der Waals surface area contributed by atoms with Crippen molar-refractivity contribution in [2.75, 3.05) is 26.7 Å². The van der Waals surface area contributed by atoms with E-state index in [4.69, 9.17) is 0 Å². The third-order valence-corrected chi connectivity index (χ3v) is 6.95. The first-order valence-electron chi connectivity index (χ1n) is 13.5. The fourth-order valence-corrected chi connectivity index (χ4v) is 4.96. The van der Waals surface area contributed by atoms with Gasteiger partial charge in [0.05, 0.1) is 17.7 Å². The minimum absolute atomic E-state index is 0.102. The fraction of sp³-hybridized carbons (Fsp3) is 0.448. The number of allylic oxidation sites excluding steroid dienone is 5. The highest BCUT2D eigenvalue weighted by atomic mass is 19.4. The number of rotatable bonds is 4. The summed E-state index contributed by atoms with van der Waals surface area (Å²) in [6.07, 6.45) is 7.07. The molecule has 8 nitrogen and oxygen atoms in total. The SMILES string of the molecule is CCC.CN1C(=O)N(C2=CCC=CC=C2)C2(CCCN(C(=O)CNC(=O)c3cc(C(F)(F)F)ccc3F)CC2)C1=O. The van der Waals surface area contributed by atoms with E-state index in [0.29, 0.717) is 43.2 Å². The molecule has 1 aliphatic carbocycles. The number of hydrogen-bond donors (Lipinski definition) is 1. The molecule has 41 heavy (non-hydrogen) atoms. The molecule has 0 aromatic heterocycles. The Hall–Kier alpha value is -3.96. The lowest BCUT2D eigenvalue weighted by atomic mass is 9.88. The number of urea groups is 1. The Morgan fingerprint density at radius 1 is 1.07 bits per heavy atom. The zero-order chi connectivity index (χ0) is 30.4. The Morgan fingerprint density at radius 3 is 2.46 bits per heavy atom. The van der Waals surface area contributed by atoms with Crippen LogP contribution in [-0.4, -0.2) is 70.7 Å². The quantitative estimate of drug-likeness (QED) is 0.401. The summed E-state index contributed by atoms with van der Waals surface area (Å²) < 4.78 is 52.9. The van der Waals surface area contributed by atoms with E-state index in [1.165, 1.54) is 23.3 Å². The van der Waals surface area contributed by atoms with Crippen molar-refractivity contribution in [2.45, 2.75) is 57.7 Å². The lowest BCUT2D eigenvalue weighted by Crippen LogP contribution is -2.50. The molecule has 12 heteroatoms. The topological polar surface area (TPSA) is 90.0 Å². The van der Waals surface area contributed by atoms with Gasteiger partial charge in [-0.2, -0.15) is 13.2 Å². The third kappa shape index (κ3) is 6.86. The van der Waals surface area contributed by atoms with E-state index in [9.17, 15) is 36.7 Å². The molecular weight excluding hydrogens is 544 g/mol. The van der Waals surface area contributed by atoms with Gasteiger partial charge in [-0.25, -0.2) is 9.18 Å². The number of halogens is 4. The van der Waals surface area contributed by atoms with Crippen LogP contribution in [0.1, 0.15) is 61.9 Å². The standard InChI is InChI=1S/C26H26F4N4O4.C3H8/c1-32-23(37)25(34(24(32)38)18-7-4-2-3-5-8-18)11-6-13-33(14-12-25)21(35)16-31-22(36)19-15-17(26(28,29)30)9-10-20(19)27;1-3-2/h2-4,7-10,15H,5-6,11-14,16H2,1H3,(H,31,36);3H2,1-2H3. The van der Waals surface area contributed by atoms with Gasteiger partial charge in [0.2, 0.25) is 5.91 Å². The van der Waals surface area contributed by atoms with Crippen LogP contribution in [0.2, 0.25) is 0 Å². The minimum Gasteiger partial charge on any atom is -0.343 e. The monoisotopic (exact) mass is 578 g/mol. The van der Waals surface area contributed by atoms with Gasteiger partial charge in [-0.1, -0.05) is 44.6 Å². The normalized spacial score (nSPS) is 20.9. The van der Waals surface area contributed by atoms with Gasteiger partial charge in [-0.15, -0.1) is 0 Å². The first-order chi connectivity index (χ1) is 19.4. The summed E-state index contributed by atoms with van der Waals surface area (Å²) in [4.78, 5) is 55.6. The van der Waals surface area contributed by atoms with Crippen LogP contribution in [0.3, 0.4) is 0 Å². The summed E-state index contributed by atoms with van der Waals surface area (Å²) >= 11 is 0. The molecule has 0 radical (unpaired) electrons. The zero-order valence-corrected chi connectivity index (χ0v) is 23.3. The van der Waals surface area contributed by atoms with Crippen molar-refractivity contribution in [1.29, 1.82) is 0 Å². The summed E-state index contributed by atoms with van der Waals surface area (Å²) in [5, 5.41) is 2.18. The number of likely N-dealkylation sites (N-methyl/N-ethyl adjacent to an activating group) is 1. The zero-order valence-electron chi connectivity index (χ0n) is 23.3. The number of hydrogen-bond acceptors (Lipinski definition) is 4. The van der Waals surface area contributed by atoms with Crippen molar-refractivity contribution < 1.29 is 36.7 Å². The van der Waals surface area contributed by atoms with Gasteiger partial charge in [-0.05, 0) is 50.0 Å². The van der Waals surface area contributed by atoms with Crippen LogP contribution in [0.5, 0.6) is 0 Å². The third-order valence-electron chi connectivity index (χ3n) is 6.95.